The van der Waals surface area contributed by atoms with Crippen LogP contribution in [-0.4, -0.2) is 14.5 Å². The molecule has 54 heavy (non-hydrogen) atoms. The van der Waals surface area contributed by atoms with Crippen LogP contribution in [0.2, 0.25) is 0 Å². The van der Waals surface area contributed by atoms with Gasteiger partial charge in [-0.2, -0.15) is 0 Å². The van der Waals surface area contributed by atoms with E-state index in [2.05, 4.69) is 55.7 Å². The molecule has 0 saturated heterocycles. The highest BCUT2D eigenvalue weighted by atomic mass is 127. The molecular formula is C50H88IN3. The number of pyridine rings is 1. The molecule has 0 saturated carbocycles. The Labute approximate surface area is 353 Å². The van der Waals surface area contributed by atoms with Crippen LogP contribution in [0.15, 0.2) is 48.8 Å². The fourth-order valence-corrected chi connectivity index (χ4v) is 8.07. The zero-order chi connectivity index (χ0) is 37.9. The highest BCUT2D eigenvalue weighted by molar-refractivity contribution is 14.0. The third-order valence-corrected chi connectivity index (χ3v) is 11.7. The number of aromatic nitrogens is 3. The molecule has 0 fully saturated rings. The lowest BCUT2D eigenvalue weighted by Gasteiger charge is -2.16. The van der Waals surface area contributed by atoms with Crippen LogP contribution < -0.4 is 0 Å². The number of imidazole rings is 1. The Morgan fingerprint density at radius 2 is 0.889 bits per heavy atom. The molecule has 1 aromatic carbocycles. The van der Waals surface area contributed by atoms with Crippen molar-refractivity contribution < 1.29 is 0 Å². The van der Waals surface area contributed by atoms with Crippen molar-refractivity contribution in [2.24, 2.45) is 7.05 Å². The van der Waals surface area contributed by atoms with Gasteiger partial charge in [-0.15, -0.1) is 24.0 Å². The first-order valence-corrected chi connectivity index (χ1v) is 23.5. The van der Waals surface area contributed by atoms with E-state index in [9.17, 15) is 0 Å². The summed E-state index contributed by atoms with van der Waals surface area (Å²) in [6.45, 7) is 6.98. The van der Waals surface area contributed by atoms with Crippen LogP contribution in [0.4, 0.5) is 0 Å². The minimum Gasteiger partial charge on any atom is -0.335 e. The Bertz CT molecular complexity index is 1140. The number of aryl methyl sites for hydroxylation is 1. The molecule has 0 aliphatic carbocycles. The van der Waals surface area contributed by atoms with Crippen molar-refractivity contribution in [3.8, 4) is 0 Å². The molecule has 1 unspecified atom stereocenters. The summed E-state index contributed by atoms with van der Waals surface area (Å²) in [4.78, 5) is 9.05. The Hall–Kier alpha value is -1.43. The van der Waals surface area contributed by atoms with E-state index in [1.54, 1.807) is 0 Å². The number of fused-ring (bicyclic) bond motifs is 1. The number of para-hydroxylation sites is 1. The first kappa shape index (κ1) is 50.6. The molecule has 2 heterocycles. The van der Waals surface area contributed by atoms with E-state index < -0.39 is 0 Å². The molecule has 3 nitrogen and oxygen atoms in total. The summed E-state index contributed by atoms with van der Waals surface area (Å²) >= 11 is 0. The third kappa shape index (κ3) is 25.7. The van der Waals surface area contributed by atoms with Crippen LogP contribution in [0, 0.1) is 0 Å². The van der Waals surface area contributed by atoms with E-state index in [1.165, 1.54) is 222 Å². The van der Waals surface area contributed by atoms with E-state index >= 15 is 0 Å². The first-order chi connectivity index (χ1) is 26.2. The highest BCUT2D eigenvalue weighted by Crippen LogP contribution is 2.27. The fourth-order valence-electron chi connectivity index (χ4n) is 8.07. The monoisotopic (exact) mass is 858 g/mol. The minimum atomic E-state index is 0. The molecule has 0 spiro atoms. The molecule has 0 aliphatic heterocycles. The molecule has 1 atom stereocenters. The molecule has 3 aromatic rings. The van der Waals surface area contributed by atoms with Crippen LogP contribution in [0.5, 0.6) is 0 Å². The van der Waals surface area contributed by atoms with Gasteiger partial charge < -0.3 is 4.57 Å². The van der Waals surface area contributed by atoms with E-state index in [1.807, 2.05) is 30.5 Å². The van der Waals surface area contributed by atoms with Crippen molar-refractivity contribution in [3.05, 3.63) is 60.3 Å². The zero-order valence-electron chi connectivity index (χ0n) is 36.3. The van der Waals surface area contributed by atoms with Gasteiger partial charge in [0.25, 0.3) is 0 Å². The average molecular weight is 858 g/mol. The zero-order valence-corrected chi connectivity index (χ0v) is 38.6. The normalized spacial score (nSPS) is 11.7. The maximum Gasteiger partial charge on any atom is 0.108 e. The number of benzene rings is 1. The van der Waals surface area contributed by atoms with E-state index in [-0.39, 0.29) is 24.0 Å². The minimum absolute atomic E-state index is 0. The fraction of sp³-hybridized carbons (Fsp3) is 0.760. The SMILES string of the molecule is CCCCCCCCCCCCCCCCCc1ncc(C(CC)CCCCCCCCCCCCCCCCC)n1C.I.c1ccc2ncccc2c1. The maximum absolute atomic E-state index is 4.87. The molecule has 0 aliphatic rings. The summed E-state index contributed by atoms with van der Waals surface area (Å²) in [7, 11) is 2.28. The molecule has 3 rings (SSSR count). The average Bonchev–Trinajstić information content (AvgIpc) is 3.55. The second-order valence-electron chi connectivity index (χ2n) is 16.4. The van der Waals surface area contributed by atoms with Crippen molar-refractivity contribution in [1.29, 1.82) is 0 Å². The van der Waals surface area contributed by atoms with Crippen molar-refractivity contribution in [1.82, 2.24) is 14.5 Å². The largest absolute Gasteiger partial charge is 0.335 e. The Balaban J connectivity index is 0.00000112. The molecule has 0 bridgehead atoms. The molecule has 310 valence electrons. The Morgan fingerprint density at radius 3 is 1.33 bits per heavy atom. The van der Waals surface area contributed by atoms with E-state index in [0.29, 0.717) is 5.92 Å². The smallest absolute Gasteiger partial charge is 0.108 e. The van der Waals surface area contributed by atoms with E-state index in [4.69, 9.17) is 4.98 Å². The molecule has 4 heteroatoms. The van der Waals surface area contributed by atoms with Crippen molar-refractivity contribution in [3.63, 3.8) is 0 Å². The number of hydrogen-bond acceptors (Lipinski definition) is 2. The van der Waals surface area contributed by atoms with Gasteiger partial charge >= 0.3 is 0 Å². The highest BCUT2D eigenvalue weighted by Gasteiger charge is 2.15. The summed E-state index contributed by atoms with van der Waals surface area (Å²) in [5.74, 6) is 2.01. The van der Waals surface area contributed by atoms with E-state index in [0.717, 1.165) is 11.9 Å². The van der Waals surface area contributed by atoms with Crippen LogP contribution in [0.3, 0.4) is 0 Å². The van der Waals surface area contributed by atoms with Gasteiger partial charge in [-0.25, -0.2) is 4.98 Å². The number of halogens is 1. The number of unbranched alkanes of at least 4 members (excludes halogenated alkanes) is 28. The van der Waals surface area contributed by atoms with Crippen LogP contribution in [0.25, 0.3) is 10.9 Å². The van der Waals surface area contributed by atoms with Gasteiger partial charge in [-0.05, 0) is 31.4 Å². The van der Waals surface area contributed by atoms with Crippen molar-refractivity contribution in [2.75, 3.05) is 0 Å². The second-order valence-corrected chi connectivity index (χ2v) is 16.4. The topological polar surface area (TPSA) is 30.7 Å². The maximum atomic E-state index is 4.87. The summed E-state index contributed by atoms with van der Waals surface area (Å²) in [5, 5.41) is 1.20. The van der Waals surface area contributed by atoms with Gasteiger partial charge in [0.2, 0.25) is 0 Å². The van der Waals surface area contributed by atoms with Crippen LogP contribution >= 0.6 is 24.0 Å². The van der Waals surface area contributed by atoms with Gasteiger partial charge in [0.15, 0.2) is 0 Å². The van der Waals surface area contributed by atoms with Gasteiger partial charge in [-0.1, -0.05) is 231 Å². The summed E-state index contributed by atoms with van der Waals surface area (Å²) in [5.41, 5.74) is 2.55. The lowest BCUT2D eigenvalue weighted by molar-refractivity contribution is 0.499. The van der Waals surface area contributed by atoms with Crippen molar-refractivity contribution in [2.45, 2.75) is 239 Å². The third-order valence-electron chi connectivity index (χ3n) is 11.7. The predicted octanol–water partition coefficient (Wildman–Crippen LogP) is 17.4. The predicted molar refractivity (Wildman–Crippen MR) is 252 cm³/mol. The summed E-state index contributed by atoms with van der Waals surface area (Å²) in [6, 6.07) is 12.1. The molecule has 0 radical (unpaired) electrons. The van der Waals surface area contributed by atoms with Crippen molar-refractivity contribution >= 4 is 34.9 Å². The lowest BCUT2D eigenvalue weighted by atomic mass is 9.95. The first-order valence-electron chi connectivity index (χ1n) is 23.5. The molecule has 0 N–H and O–H groups in total. The van der Waals surface area contributed by atoms with Gasteiger partial charge in [0.1, 0.15) is 5.82 Å². The summed E-state index contributed by atoms with van der Waals surface area (Å²) in [6.07, 6.45) is 50.9. The summed E-state index contributed by atoms with van der Waals surface area (Å²) < 4.78 is 2.45. The lowest BCUT2D eigenvalue weighted by Crippen LogP contribution is -2.07. The Kier molecular flexibility index (Phi) is 34.8. The standard InChI is InChI=1S/C41H80N2.C9H7N.HI/c1-5-8-10-12-14-16-18-20-22-24-26-28-30-32-34-36-39(7-3)40-38-42-41(43(40)4)37-35-33-31-29-27-25-23-21-19-17-15-13-11-9-6-2;1-2-6-9-8(4-1)5-3-7-10-9;/h38-39H,5-37H2,1-4H3;1-7H;1H. The molecule has 2 aromatic heterocycles. The van der Waals surface area contributed by atoms with Gasteiger partial charge in [-0.3, -0.25) is 4.98 Å². The van der Waals surface area contributed by atoms with Crippen LogP contribution in [-0.2, 0) is 13.5 Å². The van der Waals surface area contributed by atoms with Gasteiger partial charge in [0, 0.05) is 42.9 Å². The molecular weight excluding hydrogens is 769 g/mol. The van der Waals surface area contributed by atoms with Gasteiger partial charge in [0.05, 0.1) is 5.52 Å². The Morgan fingerprint density at radius 1 is 0.481 bits per heavy atom. The van der Waals surface area contributed by atoms with Crippen LogP contribution in [0.1, 0.15) is 244 Å². The number of nitrogens with zero attached hydrogens (tertiary/aromatic N) is 3. The quantitative estimate of drug-likeness (QED) is 0.0442. The number of rotatable bonds is 34. The number of hydrogen-bond donors (Lipinski definition) is 0. The second kappa shape index (κ2) is 37.2. The molecule has 0 amide bonds.